The lowest BCUT2D eigenvalue weighted by molar-refractivity contribution is -0.0669. The molecule has 1 heterocycles. The van der Waals surface area contributed by atoms with Crippen molar-refractivity contribution in [3.63, 3.8) is 0 Å². The minimum atomic E-state index is 0.0709. The van der Waals surface area contributed by atoms with Gasteiger partial charge < -0.3 is 9.84 Å². The molecule has 0 aromatic rings. The number of hydrogen-bond acceptors (Lipinski definition) is 3. The van der Waals surface area contributed by atoms with Crippen molar-refractivity contribution in [3.05, 3.63) is 0 Å². The van der Waals surface area contributed by atoms with Gasteiger partial charge in [-0.15, -0.1) is 0 Å². The molecule has 2 atom stereocenters. The summed E-state index contributed by atoms with van der Waals surface area (Å²) in [5.41, 5.74) is 0.0709. The molecule has 0 aromatic heterocycles. The molecule has 1 aliphatic heterocycles. The average Bonchev–Trinajstić information content (AvgIpc) is 2.30. The second kappa shape index (κ2) is 4.81. The van der Waals surface area contributed by atoms with Crippen LogP contribution in [0.15, 0.2) is 0 Å². The number of hydrogen-bond donors (Lipinski definition) is 1. The first-order chi connectivity index (χ1) is 7.27. The summed E-state index contributed by atoms with van der Waals surface area (Å²) in [6.45, 7) is 6.27. The standard InChI is InChI=1S/C12H23NO2/c1-11-3-2-4-12(9-11,10-14)13-5-7-15-8-6-13/h11,14H,2-10H2,1H3. The van der Waals surface area contributed by atoms with Gasteiger partial charge in [0.05, 0.1) is 19.8 Å². The number of aliphatic hydroxyl groups excluding tert-OH is 1. The molecule has 3 heteroatoms. The van der Waals surface area contributed by atoms with Gasteiger partial charge in [0.25, 0.3) is 0 Å². The number of aliphatic hydroxyl groups is 1. The van der Waals surface area contributed by atoms with Gasteiger partial charge in [0.1, 0.15) is 0 Å². The van der Waals surface area contributed by atoms with E-state index in [0.717, 1.165) is 45.1 Å². The number of ether oxygens (including phenoxy) is 1. The van der Waals surface area contributed by atoms with E-state index < -0.39 is 0 Å². The highest BCUT2D eigenvalue weighted by Crippen LogP contribution is 2.36. The molecule has 88 valence electrons. The van der Waals surface area contributed by atoms with Crippen LogP contribution < -0.4 is 0 Å². The van der Waals surface area contributed by atoms with Crippen LogP contribution in [0.3, 0.4) is 0 Å². The summed E-state index contributed by atoms with van der Waals surface area (Å²) in [6, 6.07) is 0. The highest BCUT2D eigenvalue weighted by atomic mass is 16.5. The van der Waals surface area contributed by atoms with Crippen molar-refractivity contribution >= 4 is 0 Å². The van der Waals surface area contributed by atoms with Crippen molar-refractivity contribution in [1.29, 1.82) is 0 Å². The molecule has 0 radical (unpaired) electrons. The van der Waals surface area contributed by atoms with E-state index in [1.54, 1.807) is 0 Å². The summed E-state index contributed by atoms with van der Waals surface area (Å²) >= 11 is 0. The third-order valence-corrected chi connectivity index (χ3v) is 4.04. The summed E-state index contributed by atoms with van der Waals surface area (Å²) in [7, 11) is 0. The van der Waals surface area contributed by atoms with Crippen molar-refractivity contribution < 1.29 is 9.84 Å². The molecule has 1 saturated heterocycles. The highest BCUT2D eigenvalue weighted by Gasteiger charge is 2.40. The zero-order chi connectivity index (χ0) is 10.7. The summed E-state index contributed by atoms with van der Waals surface area (Å²) < 4.78 is 5.38. The van der Waals surface area contributed by atoms with E-state index in [0.29, 0.717) is 6.61 Å². The smallest absolute Gasteiger partial charge is 0.0615 e. The molecule has 2 fully saturated rings. The van der Waals surface area contributed by atoms with E-state index in [-0.39, 0.29) is 5.54 Å². The topological polar surface area (TPSA) is 32.7 Å². The SMILES string of the molecule is CC1CCCC(CO)(N2CCOCC2)C1. The van der Waals surface area contributed by atoms with E-state index in [2.05, 4.69) is 11.8 Å². The summed E-state index contributed by atoms with van der Waals surface area (Å²) in [6.07, 6.45) is 4.91. The van der Waals surface area contributed by atoms with Crippen molar-refractivity contribution in [2.75, 3.05) is 32.9 Å². The molecule has 3 nitrogen and oxygen atoms in total. The molecule has 2 unspecified atom stereocenters. The van der Waals surface area contributed by atoms with Gasteiger partial charge in [-0.3, -0.25) is 4.90 Å². The van der Waals surface area contributed by atoms with Gasteiger partial charge in [-0.25, -0.2) is 0 Å². The quantitative estimate of drug-likeness (QED) is 0.749. The van der Waals surface area contributed by atoms with E-state index in [9.17, 15) is 5.11 Å². The molecule has 2 rings (SSSR count). The Morgan fingerprint density at radius 2 is 2.13 bits per heavy atom. The van der Waals surface area contributed by atoms with Crippen LogP contribution in [-0.2, 0) is 4.74 Å². The van der Waals surface area contributed by atoms with Crippen LogP contribution in [0.5, 0.6) is 0 Å². The summed E-state index contributed by atoms with van der Waals surface area (Å²) in [4.78, 5) is 2.46. The van der Waals surface area contributed by atoms with Crippen LogP contribution in [0.1, 0.15) is 32.6 Å². The van der Waals surface area contributed by atoms with Crippen LogP contribution in [0.25, 0.3) is 0 Å². The molecule has 2 aliphatic rings. The van der Waals surface area contributed by atoms with E-state index in [1.165, 1.54) is 12.8 Å². The third kappa shape index (κ3) is 2.35. The third-order valence-electron chi connectivity index (χ3n) is 4.04. The first-order valence-corrected chi connectivity index (χ1v) is 6.20. The van der Waals surface area contributed by atoms with Crippen LogP contribution in [0, 0.1) is 5.92 Å². The molecular formula is C12H23NO2. The average molecular weight is 213 g/mol. The van der Waals surface area contributed by atoms with Crippen molar-refractivity contribution in [2.45, 2.75) is 38.1 Å². The van der Waals surface area contributed by atoms with Crippen LogP contribution >= 0.6 is 0 Å². The second-order valence-electron chi connectivity index (χ2n) is 5.18. The van der Waals surface area contributed by atoms with E-state index in [4.69, 9.17) is 4.74 Å². The Bertz CT molecular complexity index is 204. The van der Waals surface area contributed by atoms with Gasteiger partial charge >= 0.3 is 0 Å². The monoisotopic (exact) mass is 213 g/mol. The first-order valence-electron chi connectivity index (χ1n) is 6.20. The Balaban J connectivity index is 2.04. The van der Waals surface area contributed by atoms with E-state index in [1.807, 2.05) is 0 Å². The number of morpholine rings is 1. The summed E-state index contributed by atoms with van der Waals surface area (Å²) in [5.74, 6) is 0.758. The van der Waals surface area contributed by atoms with Gasteiger partial charge in [-0.1, -0.05) is 19.8 Å². The molecule has 15 heavy (non-hydrogen) atoms. The van der Waals surface area contributed by atoms with E-state index >= 15 is 0 Å². The number of nitrogens with zero attached hydrogens (tertiary/aromatic N) is 1. The fraction of sp³-hybridized carbons (Fsp3) is 1.00. The fourth-order valence-corrected chi connectivity index (χ4v) is 3.20. The zero-order valence-corrected chi connectivity index (χ0v) is 9.74. The summed E-state index contributed by atoms with van der Waals surface area (Å²) in [5, 5.41) is 9.73. The lowest BCUT2D eigenvalue weighted by Gasteiger charge is -2.48. The fourth-order valence-electron chi connectivity index (χ4n) is 3.20. The predicted molar refractivity (Wildman–Crippen MR) is 59.8 cm³/mol. The highest BCUT2D eigenvalue weighted by molar-refractivity contribution is 4.95. The maximum atomic E-state index is 9.73. The first kappa shape index (κ1) is 11.4. The molecule has 1 saturated carbocycles. The van der Waals surface area contributed by atoms with Crippen LogP contribution in [0.4, 0.5) is 0 Å². The zero-order valence-electron chi connectivity index (χ0n) is 9.74. The molecule has 0 bridgehead atoms. The molecule has 1 N–H and O–H groups in total. The van der Waals surface area contributed by atoms with Crippen molar-refractivity contribution in [2.24, 2.45) is 5.92 Å². The van der Waals surface area contributed by atoms with Gasteiger partial charge in [0, 0.05) is 18.6 Å². The Morgan fingerprint density at radius 1 is 1.40 bits per heavy atom. The molecule has 0 aromatic carbocycles. The van der Waals surface area contributed by atoms with Gasteiger partial charge in [0.15, 0.2) is 0 Å². The molecular weight excluding hydrogens is 190 g/mol. The maximum Gasteiger partial charge on any atom is 0.0615 e. The Morgan fingerprint density at radius 3 is 2.73 bits per heavy atom. The second-order valence-corrected chi connectivity index (χ2v) is 5.18. The molecule has 0 spiro atoms. The molecule has 1 aliphatic carbocycles. The predicted octanol–water partition coefficient (Wildman–Crippen LogP) is 1.26. The lowest BCUT2D eigenvalue weighted by Crippen LogP contribution is -2.57. The Kier molecular flexibility index (Phi) is 3.65. The minimum Gasteiger partial charge on any atom is -0.394 e. The van der Waals surface area contributed by atoms with Crippen LogP contribution in [0.2, 0.25) is 0 Å². The lowest BCUT2D eigenvalue weighted by atomic mass is 9.75. The number of rotatable bonds is 2. The van der Waals surface area contributed by atoms with Gasteiger partial charge in [0.2, 0.25) is 0 Å². The van der Waals surface area contributed by atoms with Crippen molar-refractivity contribution in [3.8, 4) is 0 Å². The molecule has 0 amide bonds. The minimum absolute atomic E-state index is 0.0709. The normalized spacial score (nSPS) is 39.2. The maximum absolute atomic E-state index is 9.73. The largest absolute Gasteiger partial charge is 0.394 e. The van der Waals surface area contributed by atoms with Crippen LogP contribution in [-0.4, -0.2) is 48.5 Å². The van der Waals surface area contributed by atoms with Gasteiger partial charge in [-0.2, -0.15) is 0 Å². The Labute approximate surface area is 92.4 Å². The van der Waals surface area contributed by atoms with Gasteiger partial charge in [-0.05, 0) is 18.8 Å². The Hall–Kier alpha value is -0.120. The van der Waals surface area contributed by atoms with Crippen molar-refractivity contribution in [1.82, 2.24) is 4.90 Å².